The number of aromatic nitrogens is 1. The van der Waals surface area contributed by atoms with E-state index in [1.54, 1.807) is 0 Å². The predicted molar refractivity (Wildman–Crippen MR) is 105 cm³/mol. The van der Waals surface area contributed by atoms with Crippen LogP contribution in [0.4, 0.5) is 0 Å². The fourth-order valence-corrected chi connectivity index (χ4v) is 3.86. The molecule has 1 fully saturated rings. The number of benzene rings is 1. The number of carbonyl (C=O) groups excluding carboxylic acids is 1. The summed E-state index contributed by atoms with van der Waals surface area (Å²) in [6.07, 6.45) is 4.66. The minimum absolute atomic E-state index is 0.0118. The average Bonchev–Trinajstić information content (AvgIpc) is 3.22. The molecule has 1 aromatic carbocycles. The van der Waals surface area contributed by atoms with Gasteiger partial charge in [-0.15, -0.1) is 0 Å². The monoisotopic (exact) mass is 354 g/mol. The number of hydrogen-bond donors (Lipinski definition) is 1. The molecule has 140 valence electrons. The Labute approximate surface area is 156 Å². The van der Waals surface area contributed by atoms with E-state index in [4.69, 9.17) is 4.74 Å². The summed E-state index contributed by atoms with van der Waals surface area (Å²) in [6, 6.07) is 10.4. The van der Waals surface area contributed by atoms with Crippen LogP contribution >= 0.6 is 0 Å². The number of aryl methyl sites for hydroxylation is 2. The zero-order valence-electron chi connectivity index (χ0n) is 16.3. The summed E-state index contributed by atoms with van der Waals surface area (Å²) in [6.45, 7) is 9.13. The summed E-state index contributed by atoms with van der Waals surface area (Å²) in [7, 11) is 0. The number of carbonyl (C=O) groups is 1. The van der Waals surface area contributed by atoms with Crippen LogP contribution in [0.25, 0.3) is 5.69 Å². The van der Waals surface area contributed by atoms with Gasteiger partial charge in [-0.25, -0.2) is 0 Å². The van der Waals surface area contributed by atoms with Crippen molar-refractivity contribution in [1.29, 1.82) is 0 Å². The molecule has 1 aliphatic heterocycles. The molecule has 0 bridgehead atoms. The van der Waals surface area contributed by atoms with Gasteiger partial charge in [-0.1, -0.05) is 18.2 Å². The smallest absolute Gasteiger partial charge is 0.253 e. The molecule has 2 heterocycles. The topological polar surface area (TPSA) is 43.3 Å². The lowest BCUT2D eigenvalue weighted by molar-refractivity contribution is 0.0899. The summed E-state index contributed by atoms with van der Waals surface area (Å²) in [5.41, 5.74) is 5.16. The lowest BCUT2D eigenvalue weighted by atomic mass is 10.1. The SMILES string of the molecule is Cc1ccccc1-n1c(C)cc(C(=O)NC(C)CCC2CCCO2)c1C. The van der Waals surface area contributed by atoms with Crippen molar-refractivity contribution in [3.8, 4) is 5.69 Å². The predicted octanol–water partition coefficient (Wildman–Crippen LogP) is 4.48. The van der Waals surface area contributed by atoms with E-state index in [0.717, 1.165) is 54.9 Å². The Balaban J connectivity index is 1.70. The van der Waals surface area contributed by atoms with E-state index in [9.17, 15) is 4.79 Å². The highest BCUT2D eigenvalue weighted by Gasteiger charge is 2.20. The zero-order valence-corrected chi connectivity index (χ0v) is 16.3. The second-order valence-electron chi connectivity index (χ2n) is 7.49. The highest BCUT2D eigenvalue weighted by atomic mass is 16.5. The lowest BCUT2D eigenvalue weighted by Crippen LogP contribution is -2.33. The standard InChI is InChI=1S/C22H30N2O2/c1-15-8-5-6-10-21(15)24-17(3)14-20(18(24)4)22(25)23-16(2)11-12-19-9-7-13-26-19/h5-6,8,10,14,16,19H,7,9,11-13H2,1-4H3,(H,23,25). The molecule has 3 rings (SSSR count). The third-order valence-electron chi connectivity index (χ3n) is 5.36. The average molecular weight is 354 g/mol. The minimum Gasteiger partial charge on any atom is -0.378 e. The summed E-state index contributed by atoms with van der Waals surface area (Å²) < 4.78 is 7.84. The first-order valence-corrected chi connectivity index (χ1v) is 9.64. The molecule has 2 unspecified atom stereocenters. The van der Waals surface area contributed by atoms with Gasteiger partial charge < -0.3 is 14.6 Å². The van der Waals surface area contributed by atoms with Crippen molar-refractivity contribution in [2.24, 2.45) is 0 Å². The van der Waals surface area contributed by atoms with Gasteiger partial charge in [0.25, 0.3) is 5.91 Å². The number of nitrogens with zero attached hydrogens (tertiary/aromatic N) is 1. The normalized spacial score (nSPS) is 18.1. The molecule has 1 aromatic heterocycles. The molecule has 0 aliphatic carbocycles. The summed E-state index contributed by atoms with van der Waals surface area (Å²) in [5, 5.41) is 3.16. The quantitative estimate of drug-likeness (QED) is 0.831. The Bertz CT molecular complexity index is 772. The lowest BCUT2D eigenvalue weighted by Gasteiger charge is -2.17. The van der Waals surface area contributed by atoms with E-state index in [-0.39, 0.29) is 11.9 Å². The molecule has 2 aromatic rings. The van der Waals surface area contributed by atoms with Crippen LogP contribution < -0.4 is 5.32 Å². The van der Waals surface area contributed by atoms with Gasteiger partial charge >= 0.3 is 0 Å². The van der Waals surface area contributed by atoms with E-state index in [1.807, 2.05) is 25.1 Å². The molecule has 1 amide bonds. The highest BCUT2D eigenvalue weighted by molar-refractivity contribution is 5.96. The van der Waals surface area contributed by atoms with Crippen LogP contribution in [0.1, 0.15) is 59.9 Å². The van der Waals surface area contributed by atoms with Crippen molar-refractivity contribution in [2.45, 2.75) is 65.5 Å². The van der Waals surface area contributed by atoms with Crippen molar-refractivity contribution in [3.05, 3.63) is 52.8 Å². The van der Waals surface area contributed by atoms with Crippen LogP contribution in [0.2, 0.25) is 0 Å². The van der Waals surface area contributed by atoms with Crippen molar-refractivity contribution < 1.29 is 9.53 Å². The Morgan fingerprint density at radius 3 is 2.77 bits per heavy atom. The first kappa shape index (κ1) is 18.7. The maximum atomic E-state index is 12.8. The number of rotatable bonds is 6. The van der Waals surface area contributed by atoms with Gasteiger partial charge in [-0.3, -0.25) is 4.79 Å². The number of para-hydroxylation sites is 1. The third kappa shape index (κ3) is 4.01. The zero-order chi connectivity index (χ0) is 18.7. The van der Waals surface area contributed by atoms with Crippen molar-refractivity contribution >= 4 is 5.91 Å². The van der Waals surface area contributed by atoms with Crippen LogP contribution in [0.15, 0.2) is 30.3 Å². The van der Waals surface area contributed by atoms with E-state index >= 15 is 0 Å². The van der Waals surface area contributed by atoms with Crippen LogP contribution in [0.5, 0.6) is 0 Å². The van der Waals surface area contributed by atoms with E-state index in [0.29, 0.717) is 6.10 Å². The fraction of sp³-hybridized carbons (Fsp3) is 0.500. The van der Waals surface area contributed by atoms with Gasteiger partial charge in [0.1, 0.15) is 0 Å². The van der Waals surface area contributed by atoms with E-state index in [1.165, 1.54) is 5.56 Å². The molecule has 1 N–H and O–H groups in total. The number of ether oxygens (including phenoxy) is 1. The molecule has 4 nitrogen and oxygen atoms in total. The molecule has 0 spiro atoms. The molecule has 4 heteroatoms. The molecular weight excluding hydrogens is 324 g/mol. The van der Waals surface area contributed by atoms with Crippen molar-refractivity contribution in [1.82, 2.24) is 9.88 Å². The summed E-state index contributed by atoms with van der Waals surface area (Å²) in [4.78, 5) is 12.8. The fourth-order valence-electron chi connectivity index (χ4n) is 3.86. The van der Waals surface area contributed by atoms with Crippen LogP contribution in [-0.2, 0) is 4.74 Å². The van der Waals surface area contributed by atoms with E-state index in [2.05, 4.69) is 42.8 Å². The van der Waals surface area contributed by atoms with Gasteiger partial charge in [0.15, 0.2) is 0 Å². The number of nitrogens with one attached hydrogen (secondary N) is 1. The Morgan fingerprint density at radius 1 is 1.31 bits per heavy atom. The third-order valence-corrected chi connectivity index (χ3v) is 5.36. The Hall–Kier alpha value is -2.07. The van der Waals surface area contributed by atoms with Crippen molar-refractivity contribution in [3.63, 3.8) is 0 Å². The molecule has 0 saturated carbocycles. The first-order chi connectivity index (χ1) is 12.5. The van der Waals surface area contributed by atoms with Crippen LogP contribution in [0, 0.1) is 20.8 Å². The van der Waals surface area contributed by atoms with Gasteiger partial charge in [0.2, 0.25) is 0 Å². The highest BCUT2D eigenvalue weighted by Crippen LogP contribution is 2.23. The summed E-state index contributed by atoms with van der Waals surface area (Å²) >= 11 is 0. The van der Waals surface area contributed by atoms with Gasteiger partial charge in [0, 0.05) is 29.7 Å². The van der Waals surface area contributed by atoms with Gasteiger partial charge in [-0.05, 0) is 71.1 Å². The second kappa shape index (κ2) is 8.09. The number of hydrogen-bond acceptors (Lipinski definition) is 2. The maximum Gasteiger partial charge on any atom is 0.253 e. The molecule has 0 radical (unpaired) electrons. The minimum atomic E-state index is 0.0118. The largest absolute Gasteiger partial charge is 0.378 e. The van der Waals surface area contributed by atoms with Crippen LogP contribution in [0.3, 0.4) is 0 Å². The Morgan fingerprint density at radius 2 is 2.08 bits per heavy atom. The van der Waals surface area contributed by atoms with Gasteiger partial charge in [0.05, 0.1) is 11.7 Å². The van der Waals surface area contributed by atoms with E-state index < -0.39 is 0 Å². The molecular formula is C22H30N2O2. The number of amides is 1. The molecule has 2 atom stereocenters. The van der Waals surface area contributed by atoms with Crippen molar-refractivity contribution in [2.75, 3.05) is 6.61 Å². The van der Waals surface area contributed by atoms with Crippen LogP contribution in [-0.4, -0.2) is 29.2 Å². The molecule has 1 saturated heterocycles. The molecule has 26 heavy (non-hydrogen) atoms. The second-order valence-corrected chi connectivity index (χ2v) is 7.49. The van der Waals surface area contributed by atoms with Gasteiger partial charge in [-0.2, -0.15) is 0 Å². The first-order valence-electron chi connectivity index (χ1n) is 9.64. The maximum absolute atomic E-state index is 12.8. The summed E-state index contributed by atoms with van der Waals surface area (Å²) in [5.74, 6) is 0.0118. The molecule has 1 aliphatic rings. The Kier molecular flexibility index (Phi) is 5.82.